The topological polar surface area (TPSA) is 3.24 Å². The van der Waals surface area contributed by atoms with Gasteiger partial charge >= 0.3 is 0 Å². The van der Waals surface area contributed by atoms with Crippen LogP contribution >= 0.6 is 11.8 Å². The van der Waals surface area contributed by atoms with Gasteiger partial charge in [0.1, 0.15) is 0 Å². The fraction of sp³-hybridized carbons (Fsp3) is 0.571. The molecule has 1 saturated heterocycles. The zero-order chi connectivity index (χ0) is 12.1. The highest BCUT2D eigenvalue weighted by Gasteiger charge is 2.25. The van der Waals surface area contributed by atoms with E-state index in [1.54, 1.807) is 0 Å². The third kappa shape index (κ3) is 4.49. The van der Waals surface area contributed by atoms with Crippen LogP contribution in [0.1, 0.15) is 12.8 Å². The summed E-state index contributed by atoms with van der Waals surface area (Å²) in [5.74, 6) is 0. The lowest BCUT2D eigenvalue weighted by Gasteiger charge is -2.27. The van der Waals surface area contributed by atoms with Gasteiger partial charge < -0.3 is 4.90 Å². The fourth-order valence-corrected chi connectivity index (χ4v) is 6.86. The summed E-state index contributed by atoms with van der Waals surface area (Å²) in [5.41, 5.74) is 0. The van der Waals surface area contributed by atoms with Crippen LogP contribution in [0.3, 0.4) is 0 Å². The molecule has 0 unspecified atom stereocenters. The Balaban J connectivity index is 1.80. The largest absolute Gasteiger partial charge is 0.306 e. The Morgan fingerprint density at radius 2 is 1.76 bits per heavy atom. The molecule has 2 rings (SSSR count). The standard InChI is InChI=1S/C14H23NSSi/c1-17(2,12-15-10-6-7-11-15)13-16-14-8-4-3-5-9-14/h3-5,8-9H,6-7,10-13H2,1-2H3. The SMILES string of the molecule is C[Si](C)(CSc1ccccc1)CN1CCCC1. The molecular formula is C14H23NSSi. The average Bonchev–Trinajstić information content (AvgIpc) is 2.80. The number of hydrogen-bond acceptors (Lipinski definition) is 2. The predicted octanol–water partition coefficient (Wildman–Crippen LogP) is 3.66. The van der Waals surface area contributed by atoms with E-state index in [0.717, 1.165) is 0 Å². The molecule has 0 aliphatic carbocycles. The van der Waals surface area contributed by atoms with Crippen LogP contribution < -0.4 is 0 Å². The molecule has 1 fully saturated rings. The molecule has 3 heteroatoms. The van der Waals surface area contributed by atoms with Gasteiger partial charge in [0.15, 0.2) is 0 Å². The van der Waals surface area contributed by atoms with Gasteiger partial charge in [-0.15, -0.1) is 11.8 Å². The third-order valence-corrected chi connectivity index (χ3v) is 8.84. The van der Waals surface area contributed by atoms with E-state index in [2.05, 4.69) is 48.3 Å². The van der Waals surface area contributed by atoms with E-state index in [1.165, 1.54) is 42.4 Å². The number of benzene rings is 1. The first kappa shape index (κ1) is 13.2. The number of likely N-dealkylation sites (tertiary alicyclic amines) is 1. The van der Waals surface area contributed by atoms with Gasteiger partial charge in [-0.1, -0.05) is 31.3 Å². The molecule has 1 aliphatic rings. The molecule has 0 atom stereocenters. The van der Waals surface area contributed by atoms with Crippen molar-refractivity contribution in [2.75, 3.05) is 24.6 Å². The van der Waals surface area contributed by atoms with Gasteiger partial charge in [-0.3, -0.25) is 0 Å². The maximum atomic E-state index is 2.68. The van der Waals surface area contributed by atoms with Crippen LogP contribution in [-0.2, 0) is 0 Å². The zero-order valence-electron chi connectivity index (χ0n) is 11.0. The predicted molar refractivity (Wildman–Crippen MR) is 80.3 cm³/mol. The van der Waals surface area contributed by atoms with Crippen molar-refractivity contribution in [1.82, 2.24) is 4.90 Å². The van der Waals surface area contributed by atoms with E-state index in [1.807, 2.05) is 11.8 Å². The van der Waals surface area contributed by atoms with Crippen molar-refractivity contribution in [3.8, 4) is 0 Å². The summed E-state index contributed by atoms with van der Waals surface area (Å²) < 4.78 is 0. The van der Waals surface area contributed by atoms with Gasteiger partial charge in [0.05, 0.1) is 8.07 Å². The molecule has 0 spiro atoms. The summed E-state index contributed by atoms with van der Waals surface area (Å²) in [6.07, 6.45) is 4.21. The Bertz CT molecular complexity index is 333. The number of hydrogen-bond donors (Lipinski definition) is 0. The quantitative estimate of drug-likeness (QED) is 0.590. The van der Waals surface area contributed by atoms with Crippen molar-refractivity contribution in [3.63, 3.8) is 0 Å². The van der Waals surface area contributed by atoms with Crippen LogP contribution in [0, 0.1) is 0 Å². The molecule has 1 nitrogen and oxygen atoms in total. The number of nitrogens with zero attached hydrogens (tertiary/aromatic N) is 1. The van der Waals surface area contributed by atoms with Gasteiger partial charge in [-0.2, -0.15) is 0 Å². The molecule has 0 radical (unpaired) electrons. The van der Waals surface area contributed by atoms with E-state index in [9.17, 15) is 0 Å². The maximum absolute atomic E-state index is 2.68. The molecule has 1 heterocycles. The second kappa shape index (κ2) is 6.07. The summed E-state index contributed by atoms with van der Waals surface area (Å²) >= 11 is 2.05. The van der Waals surface area contributed by atoms with Crippen LogP contribution in [0.25, 0.3) is 0 Å². The molecule has 94 valence electrons. The Morgan fingerprint density at radius 3 is 2.41 bits per heavy atom. The fourth-order valence-electron chi connectivity index (χ4n) is 2.39. The van der Waals surface area contributed by atoms with E-state index < -0.39 is 8.07 Å². The van der Waals surface area contributed by atoms with Gasteiger partial charge in [-0.05, 0) is 49.6 Å². The molecule has 0 bridgehead atoms. The lowest BCUT2D eigenvalue weighted by molar-refractivity contribution is 0.389. The summed E-state index contributed by atoms with van der Waals surface area (Å²) in [6.45, 7) is 7.74. The Hall–Kier alpha value is -0.253. The normalized spacial score (nSPS) is 17.5. The summed E-state index contributed by atoms with van der Waals surface area (Å²) in [4.78, 5) is 4.10. The van der Waals surface area contributed by atoms with Crippen LogP contribution in [0.15, 0.2) is 35.2 Å². The minimum atomic E-state index is -1.06. The van der Waals surface area contributed by atoms with Crippen molar-refractivity contribution < 1.29 is 0 Å². The van der Waals surface area contributed by atoms with E-state index >= 15 is 0 Å². The molecule has 1 aromatic rings. The first-order chi connectivity index (χ1) is 8.16. The Morgan fingerprint density at radius 1 is 1.12 bits per heavy atom. The monoisotopic (exact) mass is 265 g/mol. The number of thioether (sulfide) groups is 1. The zero-order valence-corrected chi connectivity index (χ0v) is 12.8. The molecular weight excluding hydrogens is 242 g/mol. The van der Waals surface area contributed by atoms with Crippen molar-refractivity contribution in [1.29, 1.82) is 0 Å². The smallest absolute Gasteiger partial charge is 0.0734 e. The summed E-state index contributed by atoms with van der Waals surface area (Å²) in [7, 11) is -1.06. The molecule has 0 aromatic heterocycles. The van der Waals surface area contributed by atoms with Crippen LogP contribution in [-0.4, -0.2) is 37.6 Å². The van der Waals surface area contributed by atoms with Crippen LogP contribution in [0.5, 0.6) is 0 Å². The highest BCUT2D eigenvalue weighted by atomic mass is 32.2. The second-order valence-electron chi connectivity index (χ2n) is 5.75. The Kier molecular flexibility index (Phi) is 4.71. The molecule has 1 aromatic carbocycles. The first-order valence-electron chi connectivity index (χ1n) is 6.56. The van der Waals surface area contributed by atoms with Gasteiger partial charge in [0, 0.05) is 4.90 Å². The molecule has 17 heavy (non-hydrogen) atoms. The van der Waals surface area contributed by atoms with E-state index in [-0.39, 0.29) is 0 Å². The highest BCUT2D eigenvalue weighted by Crippen LogP contribution is 2.23. The summed E-state index contributed by atoms with van der Waals surface area (Å²) in [6, 6.07) is 10.8. The van der Waals surface area contributed by atoms with Crippen molar-refractivity contribution in [2.45, 2.75) is 30.8 Å². The minimum absolute atomic E-state index is 1.06. The number of rotatable bonds is 5. The van der Waals surface area contributed by atoms with Crippen molar-refractivity contribution >= 4 is 19.8 Å². The molecule has 0 N–H and O–H groups in total. The first-order valence-corrected chi connectivity index (χ1v) is 11.0. The maximum Gasteiger partial charge on any atom is 0.0734 e. The van der Waals surface area contributed by atoms with E-state index in [4.69, 9.17) is 0 Å². The molecule has 0 amide bonds. The second-order valence-corrected chi connectivity index (χ2v) is 12.3. The van der Waals surface area contributed by atoms with Crippen molar-refractivity contribution in [3.05, 3.63) is 30.3 Å². The summed E-state index contributed by atoms with van der Waals surface area (Å²) in [5, 5.41) is 1.34. The molecule has 0 saturated carbocycles. The average molecular weight is 265 g/mol. The van der Waals surface area contributed by atoms with Crippen LogP contribution in [0.2, 0.25) is 13.1 Å². The van der Waals surface area contributed by atoms with Crippen LogP contribution in [0.4, 0.5) is 0 Å². The van der Waals surface area contributed by atoms with Crippen molar-refractivity contribution in [2.24, 2.45) is 0 Å². The van der Waals surface area contributed by atoms with Gasteiger partial charge in [0.25, 0.3) is 0 Å². The lowest BCUT2D eigenvalue weighted by atomic mass is 10.4. The Labute approximate surface area is 111 Å². The third-order valence-electron chi connectivity index (χ3n) is 3.22. The van der Waals surface area contributed by atoms with Gasteiger partial charge in [-0.25, -0.2) is 0 Å². The van der Waals surface area contributed by atoms with Gasteiger partial charge in [0.2, 0.25) is 0 Å². The highest BCUT2D eigenvalue weighted by molar-refractivity contribution is 8.01. The lowest BCUT2D eigenvalue weighted by Crippen LogP contribution is -2.43. The minimum Gasteiger partial charge on any atom is -0.306 e. The molecule has 1 aliphatic heterocycles. The van der Waals surface area contributed by atoms with E-state index in [0.29, 0.717) is 0 Å².